The zero-order chi connectivity index (χ0) is 30.5. The lowest BCUT2D eigenvalue weighted by atomic mass is 9.71. The third kappa shape index (κ3) is 6.26. The molecule has 222 valence electrons. The van der Waals surface area contributed by atoms with Gasteiger partial charge in [-0.25, -0.2) is 9.78 Å². The minimum Gasteiger partial charge on any atom is -0.444 e. The van der Waals surface area contributed by atoms with Crippen LogP contribution in [0.5, 0.6) is 0 Å². The van der Waals surface area contributed by atoms with Crippen molar-refractivity contribution in [1.29, 1.82) is 0 Å². The van der Waals surface area contributed by atoms with Gasteiger partial charge in [-0.3, -0.25) is 25.2 Å². The van der Waals surface area contributed by atoms with E-state index in [1.54, 1.807) is 40.0 Å². The van der Waals surface area contributed by atoms with E-state index in [1.165, 1.54) is 21.1 Å². The number of likely N-dealkylation sites (tertiary alicyclic amines) is 2. The zero-order valence-corrected chi connectivity index (χ0v) is 25.3. The molecule has 3 heterocycles. The van der Waals surface area contributed by atoms with Crippen molar-refractivity contribution in [3.63, 3.8) is 0 Å². The molecule has 1 atom stereocenters. The molecule has 2 saturated heterocycles. The van der Waals surface area contributed by atoms with Crippen LogP contribution in [0.1, 0.15) is 46.7 Å². The Morgan fingerprint density at radius 3 is 2.24 bits per heavy atom. The van der Waals surface area contributed by atoms with Gasteiger partial charge >= 0.3 is 17.9 Å². The molecular weight excluding hydrogens is 603 g/mol. The van der Waals surface area contributed by atoms with E-state index in [1.807, 2.05) is 0 Å². The topological polar surface area (TPSA) is 121 Å². The van der Waals surface area contributed by atoms with E-state index in [-0.39, 0.29) is 42.1 Å². The second-order valence-corrected chi connectivity index (χ2v) is 13.2. The summed E-state index contributed by atoms with van der Waals surface area (Å²) in [5, 5.41) is 0.582. The zero-order valence-electron chi connectivity index (χ0n) is 22.9. The van der Waals surface area contributed by atoms with Gasteiger partial charge in [0.15, 0.2) is 0 Å². The first-order chi connectivity index (χ1) is 18.9. The van der Waals surface area contributed by atoms with Gasteiger partial charge in [-0.15, -0.1) is 11.3 Å². The van der Waals surface area contributed by atoms with E-state index in [4.69, 9.17) is 27.9 Å². The Labute approximate surface area is 249 Å². The van der Waals surface area contributed by atoms with Crippen molar-refractivity contribution in [2.75, 3.05) is 26.2 Å². The largest absolute Gasteiger partial charge is 0.444 e. The van der Waals surface area contributed by atoms with Crippen molar-refractivity contribution in [3.05, 3.63) is 49.4 Å². The number of carbonyl (C=O) groups excluding carboxylic acids is 4. The number of halogens is 4. The number of benzene rings is 1. The van der Waals surface area contributed by atoms with Crippen LogP contribution in [0, 0.1) is 25.2 Å². The molecule has 4 rings (SSSR count). The average Bonchev–Trinajstić information content (AvgIpc) is 3.41. The SMILES string of the molecule is Cc1nc(C)c(C(=O)N2CC(C(=O)NNC(=O)C(F)(F)c3ccc(Cl)c(Cl)c3)C3(CN(C(=O)OC(C)(C)C)C3)C2)s1. The Bertz CT molecular complexity index is 1410. The Hall–Kier alpha value is -3.03. The maximum absolute atomic E-state index is 14.8. The van der Waals surface area contributed by atoms with Crippen molar-refractivity contribution in [2.45, 2.75) is 46.1 Å². The van der Waals surface area contributed by atoms with Crippen molar-refractivity contribution >= 4 is 58.4 Å². The van der Waals surface area contributed by atoms with Crippen LogP contribution in [0.2, 0.25) is 10.0 Å². The maximum Gasteiger partial charge on any atom is 0.410 e. The molecule has 0 aliphatic carbocycles. The second kappa shape index (κ2) is 11.0. The van der Waals surface area contributed by atoms with Gasteiger partial charge in [0.25, 0.3) is 5.91 Å². The Kier molecular flexibility index (Phi) is 8.29. The predicted octanol–water partition coefficient (Wildman–Crippen LogP) is 4.32. The molecule has 2 aliphatic heterocycles. The highest BCUT2D eigenvalue weighted by Gasteiger charge is 2.59. The summed E-state index contributed by atoms with van der Waals surface area (Å²) in [6.07, 6.45) is -0.574. The lowest BCUT2D eigenvalue weighted by Gasteiger charge is -2.49. The number of hydrazine groups is 1. The highest BCUT2D eigenvalue weighted by atomic mass is 35.5. The highest BCUT2D eigenvalue weighted by Crippen LogP contribution is 2.45. The van der Waals surface area contributed by atoms with E-state index >= 15 is 0 Å². The molecule has 15 heteroatoms. The van der Waals surface area contributed by atoms with Crippen molar-refractivity contribution in [2.24, 2.45) is 11.3 Å². The number of carbonyl (C=O) groups is 4. The molecule has 1 aromatic heterocycles. The number of hydrogen-bond acceptors (Lipinski definition) is 7. The number of hydrogen-bond donors (Lipinski definition) is 2. The summed E-state index contributed by atoms with van der Waals surface area (Å²) in [7, 11) is 0. The van der Waals surface area contributed by atoms with Crippen LogP contribution in [0.3, 0.4) is 0 Å². The third-order valence-corrected chi connectivity index (χ3v) is 8.68. The number of aryl methyl sites for hydroxylation is 2. The summed E-state index contributed by atoms with van der Waals surface area (Å²) >= 11 is 12.8. The van der Waals surface area contributed by atoms with E-state index in [0.29, 0.717) is 15.6 Å². The fraction of sp³-hybridized carbons (Fsp3) is 0.500. The number of amides is 4. The molecule has 2 aromatic rings. The van der Waals surface area contributed by atoms with Crippen LogP contribution in [0.15, 0.2) is 18.2 Å². The molecule has 0 radical (unpaired) electrons. The number of rotatable bonds is 4. The standard InChI is InChI=1S/C26H29Cl2F2N5O5S/c1-13-19(41-14(2)31-13)21(37)34-9-16(25(10-34)11-35(12-25)23(39)40-24(3,4)5)20(36)32-33-22(38)26(29,30)15-6-7-17(27)18(28)8-15/h6-8,16H,9-12H2,1-5H3,(H,32,36)(H,33,38). The van der Waals surface area contributed by atoms with Gasteiger partial charge < -0.3 is 14.5 Å². The predicted molar refractivity (Wildman–Crippen MR) is 148 cm³/mol. The molecule has 4 amide bonds. The number of nitrogens with zero attached hydrogens (tertiary/aromatic N) is 3. The molecule has 2 N–H and O–H groups in total. The van der Waals surface area contributed by atoms with Crippen LogP contribution in [-0.4, -0.2) is 70.4 Å². The molecule has 0 bridgehead atoms. The molecule has 41 heavy (non-hydrogen) atoms. The van der Waals surface area contributed by atoms with Gasteiger partial charge in [-0.1, -0.05) is 29.3 Å². The van der Waals surface area contributed by atoms with Crippen LogP contribution < -0.4 is 10.9 Å². The minimum absolute atomic E-state index is 0.0372. The number of aromatic nitrogens is 1. The van der Waals surface area contributed by atoms with Crippen molar-refractivity contribution < 1.29 is 32.7 Å². The van der Waals surface area contributed by atoms with Crippen molar-refractivity contribution in [3.8, 4) is 0 Å². The summed E-state index contributed by atoms with van der Waals surface area (Å²) < 4.78 is 35.0. The molecular formula is C26H29Cl2F2N5O5S. The average molecular weight is 633 g/mol. The molecule has 1 unspecified atom stereocenters. The molecule has 1 aromatic carbocycles. The summed E-state index contributed by atoms with van der Waals surface area (Å²) in [6.45, 7) is 8.93. The number of thiazole rings is 1. The van der Waals surface area contributed by atoms with Gasteiger partial charge in [0.1, 0.15) is 10.5 Å². The molecule has 0 saturated carbocycles. The Morgan fingerprint density at radius 1 is 1.05 bits per heavy atom. The van der Waals surface area contributed by atoms with Gasteiger partial charge in [0.05, 0.1) is 26.7 Å². The second-order valence-electron chi connectivity index (χ2n) is 11.2. The van der Waals surface area contributed by atoms with E-state index in [9.17, 15) is 28.0 Å². The first-order valence-corrected chi connectivity index (χ1v) is 14.2. The number of alkyl halides is 2. The van der Waals surface area contributed by atoms with Crippen LogP contribution >= 0.6 is 34.5 Å². The van der Waals surface area contributed by atoms with Gasteiger partial charge in [-0.05, 0) is 46.8 Å². The molecule has 1 spiro atoms. The molecule has 2 fully saturated rings. The van der Waals surface area contributed by atoms with Crippen LogP contribution in [-0.2, 0) is 20.2 Å². The van der Waals surface area contributed by atoms with Gasteiger partial charge in [0.2, 0.25) is 5.91 Å². The number of nitrogens with one attached hydrogen (secondary N) is 2. The Morgan fingerprint density at radius 2 is 1.68 bits per heavy atom. The quantitative estimate of drug-likeness (QED) is 0.485. The summed E-state index contributed by atoms with van der Waals surface area (Å²) in [4.78, 5) is 59.3. The fourth-order valence-electron chi connectivity index (χ4n) is 4.95. The van der Waals surface area contributed by atoms with Gasteiger partial charge in [-0.2, -0.15) is 8.78 Å². The summed E-state index contributed by atoms with van der Waals surface area (Å²) in [5.41, 5.74) is 2.11. The molecule has 10 nitrogen and oxygen atoms in total. The Balaban J connectivity index is 1.50. The summed E-state index contributed by atoms with van der Waals surface area (Å²) in [5.74, 6) is -7.85. The van der Waals surface area contributed by atoms with E-state index in [0.717, 1.165) is 18.2 Å². The fourth-order valence-corrected chi connectivity index (χ4v) is 6.14. The van der Waals surface area contributed by atoms with Crippen LogP contribution in [0.4, 0.5) is 13.6 Å². The third-order valence-electron chi connectivity index (χ3n) is 6.88. The van der Waals surface area contributed by atoms with Crippen molar-refractivity contribution in [1.82, 2.24) is 25.6 Å². The lowest BCUT2D eigenvalue weighted by molar-refractivity contribution is -0.151. The van der Waals surface area contributed by atoms with Gasteiger partial charge in [0, 0.05) is 37.2 Å². The first kappa shape index (κ1) is 30.9. The van der Waals surface area contributed by atoms with E-state index in [2.05, 4.69) is 10.4 Å². The highest BCUT2D eigenvalue weighted by molar-refractivity contribution is 7.13. The smallest absolute Gasteiger partial charge is 0.410 e. The molecule has 2 aliphatic rings. The lowest BCUT2D eigenvalue weighted by Crippen LogP contribution is -2.65. The number of ether oxygens (including phenoxy) is 1. The normalized spacial score (nSPS) is 18.2. The maximum atomic E-state index is 14.8. The first-order valence-electron chi connectivity index (χ1n) is 12.6. The minimum atomic E-state index is -4.04. The van der Waals surface area contributed by atoms with E-state index < -0.39 is 46.3 Å². The van der Waals surface area contributed by atoms with Crippen LogP contribution in [0.25, 0.3) is 0 Å². The monoisotopic (exact) mass is 631 g/mol. The summed E-state index contributed by atoms with van der Waals surface area (Å²) in [6, 6.07) is 2.95.